The SMILES string of the molecule is COCCN[C@H]1CC[C@H](Nc2cc(-c3cc(NCC4(OC)CC4)ccc3F)c(Cl)cn2)CC1. The molecule has 4 rings (SSSR count). The summed E-state index contributed by atoms with van der Waals surface area (Å²) in [6.07, 6.45) is 8.00. The molecule has 2 aliphatic carbocycles. The lowest BCUT2D eigenvalue weighted by molar-refractivity contribution is 0.0914. The predicted molar refractivity (Wildman–Crippen MR) is 132 cm³/mol. The van der Waals surface area contributed by atoms with Gasteiger partial charge in [-0.05, 0) is 62.8 Å². The van der Waals surface area contributed by atoms with E-state index in [1.54, 1.807) is 26.5 Å². The van der Waals surface area contributed by atoms with Crippen LogP contribution < -0.4 is 16.0 Å². The minimum absolute atomic E-state index is 0.0851. The van der Waals surface area contributed by atoms with E-state index in [0.717, 1.165) is 63.2 Å². The number of nitrogens with one attached hydrogen (secondary N) is 3. The van der Waals surface area contributed by atoms with Crippen LogP contribution in [0, 0.1) is 5.82 Å². The zero-order valence-corrected chi connectivity index (χ0v) is 20.2. The molecule has 1 aromatic heterocycles. The van der Waals surface area contributed by atoms with E-state index in [2.05, 4.69) is 20.9 Å². The molecule has 0 amide bonds. The smallest absolute Gasteiger partial charge is 0.131 e. The first-order chi connectivity index (χ1) is 16.0. The van der Waals surface area contributed by atoms with E-state index in [-0.39, 0.29) is 11.4 Å². The fourth-order valence-corrected chi connectivity index (χ4v) is 4.64. The maximum absolute atomic E-state index is 14.8. The van der Waals surface area contributed by atoms with Crippen molar-refractivity contribution < 1.29 is 13.9 Å². The number of benzene rings is 1. The third-order valence-electron chi connectivity index (χ3n) is 6.79. The van der Waals surface area contributed by atoms with Gasteiger partial charge in [0.05, 0.1) is 17.2 Å². The number of hydrogen-bond donors (Lipinski definition) is 3. The average molecular weight is 477 g/mol. The lowest BCUT2D eigenvalue weighted by Gasteiger charge is -2.30. The molecular weight excluding hydrogens is 443 g/mol. The lowest BCUT2D eigenvalue weighted by Crippen LogP contribution is -2.38. The van der Waals surface area contributed by atoms with Crippen molar-refractivity contribution in [2.24, 2.45) is 0 Å². The van der Waals surface area contributed by atoms with Crippen LogP contribution in [-0.2, 0) is 9.47 Å². The third kappa shape index (κ3) is 6.35. The Kier molecular flexibility index (Phi) is 8.07. The molecule has 2 aromatic rings. The number of methoxy groups -OCH3 is 2. The Labute approximate surface area is 200 Å². The van der Waals surface area contributed by atoms with Gasteiger partial charge < -0.3 is 25.4 Å². The molecule has 8 heteroatoms. The van der Waals surface area contributed by atoms with Gasteiger partial charge in [0, 0.05) is 62.4 Å². The lowest BCUT2D eigenvalue weighted by atomic mass is 9.91. The highest BCUT2D eigenvalue weighted by atomic mass is 35.5. The van der Waals surface area contributed by atoms with Gasteiger partial charge in [-0.25, -0.2) is 9.37 Å². The fraction of sp³-hybridized carbons (Fsp3) is 0.560. The maximum atomic E-state index is 14.8. The van der Waals surface area contributed by atoms with Gasteiger partial charge >= 0.3 is 0 Å². The Bertz CT molecular complexity index is 933. The monoisotopic (exact) mass is 476 g/mol. The Hall–Kier alpha value is -1.93. The highest BCUT2D eigenvalue weighted by Gasteiger charge is 2.42. The molecule has 0 bridgehead atoms. The minimum Gasteiger partial charge on any atom is -0.383 e. The molecule has 1 heterocycles. The molecule has 0 atom stereocenters. The molecule has 1 aromatic carbocycles. The largest absolute Gasteiger partial charge is 0.383 e. The average Bonchev–Trinajstić information content (AvgIpc) is 3.62. The first kappa shape index (κ1) is 24.2. The summed E-state index contributed by atoms with van der Waals surface area (Å²) in [4.78, 5) is 4.45. The molecule has 2 aliphatic rings. The van der Waals surface area contributed by atoms with Crippen molar-refractivity contribution >= 4 is 23.1 Å². The molecule has 6 nitrogen and oxygen atoms in total. The number of hydrogen-bond acceptors (Lipinski definition) is 6. The highest BCUT2D eigenvalue weighted by molar-refractivity contribution is 6.33. The van der Waals surface area contributed by atoms with Crippen molar-refractivity contribution in [2.75, 3.05) is 44.5 Å². The van der Waals surface area contributed by atoms with Crippen LogP contribution in [0.2, 0.25) is 5.02 Å². The maximum Gasteiger partial charge on any atom is 0.131 e. The van der Waals surface area contributed by atoms with Gasteiger partial charge in [-0.2, -0.15) is 0 Å². The molecule has 0 unspecified atom stereocenters. The summed E-state index contributed by atoms with van der Waals surface area (Å²) >= 11 is 6.44. The van der Waals surface area contributed by atoms with E-state index in [0.29, 0.717) is 34.8 Å². The van der Waals surface area contributed by atoms with Crippen LogP contribution in [0.1, 0.15) is 38.5 Å². The number of aromatic nitrogens is 1. The van der Waals surface area contributed by atoms with E-state index in [1.165, 1.54) is 6.07 Å². The summed E-state index contributed by atoms with van der Waals surface area (Å²) < 4.78 is 25.5. The van der Waals surface area contributed by atoms with Crippen molar-refractivity contribution in [1.82, 2.24) is 10.3 Å². The number of nitrogens with zero attached hydrogens (tertiary/aromatic N) is 1. The Morgan fingerprint density at radius 1 is 1.09 bits per heavy atom. The molecule has 2 fully saturated rings. The van der Waals surface area contributed by atoms with Crippen LogP contribution in [0.5, 0.6) is 0 Å². The number of pyridine rings is 1. The number of ether oxygens (including phenoxy) is 2. The van der Waals surface area contributed by atoms with Gasteiger partial charge in [0.2, 0.25) is 0 Å². The van der Waals surface area contributed by atoms with Crippen LogP contribution in [0.3, 0.4) is 0 Å². The summed E-state index contributed by atoms with van der Waals surface area (Å²) in [5, 5.41) is 10.9. The normalized spacial score (nSPS) is 21.6. The van der Waals surface area contributed by atoms with Gasteiger partial charge in [-0.1, -0.05) is 11.6 Å². The third-order valence-corrected chi connectivity index (χ3v) is 7.09. The topological polar surface area (TPSA) is 67.4 Å². The van der Waals surface area contributed by atoms with Crippen molar-refractivity contribution in [1.29, 1.82) is 0 Å². The van der Waals surface area contributed by atoms with Crippen LogP contribution in [0.25, 0.3) is 11.1 Å². The van der Waals surface area contributed by atoms with E-state index in [1.807, 2.05) is 12.1 Å². The fourth-order valence-electron chi connectivity index (χ4n) is 4.44. The van der Waals surface area contributed by atoms with Gasteiger partial charge in [0.15, 0.2) is 0 Å². The summed E-state index contributed by atoms with van der Waals surface area (Å²) in [6, 6.07) is 7.76. The number of halogens is 2. The van der Waals surface area contributed by atoms with E-state index >= 15 is 0 Å². The Balaban J connectivity index is 1.41. The number of rotatable bonds is 11. The molecule has 0 spiro atoms. The second-order valence-electron chi connectivity index (χ2n) is 9.12. The van der Waals surface area contributed by atoms with Crippen molar-refractivity contribution in [3.8, 4) is 11.1 Å². The quantitative estimate of drug-likeness (QED) is 0.392. The van der Waals surface area contributed by atoms with E-state index in [4.69, 9.17) is 21.1 Å². The molecule has 2 saturated carbocycles. The predicted octanol–water partition coefficient (Wildman–Crippen LogP) is 5.09. The van der Waals surface area contributed by atoms with E-state index < -0.39 is 0 Å². The zero-order chi connectivity index (χ0) is 23.3. The van der Waals surface area contributed by atoms with Crippen molar-refractivity contribution in [2.45, 2.75) is 56.2 Å². The first-order valence-electron chi connectivity index (χ1n) is 11.8. The molecule has 33 heavy (non-hydrogen) atoms. The van der Waals surface area contributed by atoms with Gasteiger partial charge in [0.1, 0.15) is 11.6 Å². The molecule has 180 valence electrons. The van der Waals surface area contributed by atoms with Gasteiger partial charge in [0.25, 0.3) is 0 Å². The molecule has 3 N–H and O–H groups in total. The molecule has 0 radical (unpaired) electrons. The van der Waals surface area contributed by atoms with Crippen LogP contribution in [0.4, 0.5) is 15.9 Å². The van der Waals surface area contributed by atoms with Gasteiger partial charge in [-0.15, -0.1) is 0 Å². The summed E-state index contributed by atoms with van der Waals surface area (Å²) in [5.74, 6) is 0.411. The standard InChI is InChI=1S/C25H34ClFN4O2/c1-32-12-11-28-17-3-5-18(6-4-17)31-24-14-20(22(26)15-29-24)21-13-19(7-8-23(21)27)30-16-25(33-2)9-10-25/h7-8,13-15,17-18,28,30H,3-6,9-12,16H2,1-2H3,(H,29,31)/t17-,18-. The van der Waals surface area contributed by atoms with Crippen LogP contribution in [-0.4, -0.2) is 56.6 Å². The van der Waals surface area contributed by atoms with E-state index in [9.17, 15) is 4.39 Å². The molecular formula is C25H34ClFN4O2. The molecule has 0 aliphatic heterocycles. The summed E-state index contributed by atoms with van der Waals surface area (Å²) in [6.45, 7) is 2.32. The van der Waals surface area contributed by atoms with Crippen LogP contribution in [0.15, 0.2) is 30.5 Å². The Morgan fingerprint density at radius 3 is 2.55 bits per heavy atom. The first-order valence-corrected chi connectivity index (χ1v) is 12.1. The van der Waals surface area contributed by atoms with Crippen molar-refractivity contribution in [3.05, 3.63) is 41.3 Å². The highest BCUT2D eigenvalue weighted by Crippen LogP contribution is 2.39. The summed E-state index contributed by atoms with van der Waals surface area (Å²) in [7, 11) is 3.46. The second-order valence-corrected chi connectivity index (χ2v) is 9.53. The minimum atomic E-state index is -0.310. The van der Waals surface area contributed by atoms with Gasteiger partial charge in [-0.3, -0.25) is 0 Å². The Morgan fingerprint density at radius 2 is 1.85 bits per heavy atom. The molecule has 0 saturated heterocycles. The number of anilines is 2. The van der Waals surface area contributed by atoms with Crippen molar-refractivity contribution in [3.63, 3.8) is 0 Å². The second kappa shape index (κ2) is 11.0. The summed E-state index contributed by atoms with van der Waals surface area (Å²) in [5.41, 5.74) is 1.86. The zero-order valence-electron chi connectivity index (χ0n) is 19.4. The van der Waals surface area contributed by atoms with Crippen LogP contribution >= 0.6 is 11.6 Å².